The first kappa shape index (κ1) is 23.8. The molecule has 4 rings (SSSR count). The van der Waals surface area contributed by atoms with Crippen molar-refractivity contribution in [3.63, 3.8) is 0 Å². The highest BCUT2D eigenvalue weighted by Crippen LogP contribution is 2.34. The number of nitrogens with one attached hydrogen (secondary N) is 2. The van der Waals surface area contributed by atoms with Crippen molar-refractivity contribution in [2.45, 2.75) is 69.8 Å². The van der Waals surface area contributed by atoms with Crippen molar-refractivity contribution in [2.24, 2.45) is 16.8 Å². The molecule has 0 bridgehead atoms. The van der Waals surface area contributed by atoms with Gasteiger partial charge in [0.2, 0.25) is 5.91 Å². The van der Waals surface area contributed by atoms with Crippen LogP contribution < -0.4 is 15.3 Å². The number of benzene rings is 1. The van der Waals surface area contributed by atoms with E-state index in [1.165, 1.54) is 31.7 Å². The fourth-order valence-corrected chi connectivity index (χ4v) is 5.41. The molecule has 1 heterocycles. The second-order valence-electron chi connectivity index (χ2n) is 9.67. The van der Waals surface area contributed by atoms with Crippen molar-refractivity contribution in [1.29, 1.82) is 0 Å². The number of hydrogen-bond donors (Lipinski definition) is 4. The average Bonchev–Trinajstić information content (AvgIpc) is 3.46. The molecule has 2 aliphatic carbocycles. The minimum atomic E-state index is -1.27. The molecule has 0 radical (unpaired) electrons. The zero-order chi connectivity index (χ0) is 23.2. The van der Waals surface area contributed by atoms with Gasteiger partial charge in [-0.15, -0.1) is 0 Å². The molecule has 2 unspecified atom stereocenters. The van der Waals surface area contributed by atoms with Gasteiger partial charge in [0.1, 0.15) is 5.75 Å². The second kappa shape index (κ2) is 11.2. The Morgan fingerprint density at radius 1 is 1.18 bits per heavy atom. The quantitative estimate of drug-likeness (QED) is 0.335. The Bertz CT molecular complexity index is 874. The summed E-state index contributed by atoms with van der Waals surface area (Å²) < 4.78 is 5.46. The molecular weight excluding hydrogens is 421 g/mol. The van der Waals surface area contributed by atoms with E-state index in [0.29, 0.717) is 36.3 Å². The lowest BCUT2D eigenvalue weighted by atomic mass is 9.72. The number of carboxylic acids is 1. The highest BCUT2D eigenvalue weighted by atomic mass is 16.5. The lowest BCUT2D eigenvalue weighted by Crippen LogP contribution is -2.53. The minimum absolute atomic E-state index is 0.0188. The lowest BCUT2D eigenvalue weighted by molar-refractivity contribution is -0.122. The normalized spacial score (nSPS) is 25.2. The predicted octanol–water partition coefficient (Wildman–Crippen LogP) is 2.23. The number of nitrogens with zero attached hydrogens (tertiary/aromatic N) is 1. The molecule has 8 nitrogen and oxygen atoms in total. The molecule has 33 heavy (non-hydrogen) atoms. The first-order valence-electron chi connectivity index (χ1n) is 12.2. The van der Waals surface area contributed by atoms with Gasteiger partial charge in [-0.1, -0.05) is 25.0 Å². The molecule has 3 aliphatic rings. The van der Waals surface area contributed by atoms with Crippen molar-refractivity contribution in [2.75, 3.05) is 13.1 Å². The molecule has 4 N–H and O–H groups in total. The van der Waals surface area contributed by atoms with Crippen LogP contribution in [0.4, 0.5) is 0 Å². The summed E-state index contributed by atoms with van der Waals surface area (Å²) in [5.74, 6) is -0.768. The fraction of sp³-hybridized carbons (Fsp3) is 0.625. The third-order valence-electron chi connectivity index (χ3n) is 7.17. The van der Waals surface area contributed by atoms with Gasteiger partial charge in [-0.05, 0) is 62.0 Å². The maximum absolute atomic E-state index is 12.6. The maximum Gasteiger partial charge on any atom is 0.547 e. The highest BCUT2D eigenvalue weighted by molar-refractivity contribution is 6.47. The largest absolute Gasteiger partial charge is 0.547 e. The predicted molar refractivity (Wildman–Crippen MR) is 127 cm³/mol. The smallest absolute Gasteiger partial charge is 0.534 e. The van der Waals surface area contributed by atoms with Gasteiger partial charge in [0.25, 0.3) is 0 Å². The Morgan fingerprint density at radius 2 is 1.97 bits per heavy atom. The van der Waals surface area contributed by atoms with Crippen molar-refractivity contribution >= 4 is 25.2 Å². The molecule has 9 heteroatoms. The summed E-state index contributed by atoms with van der Waals surface area (Å²) in [6.07, 6.45) is 11.1. The molecule has 0 aromatic heterocycles. The summed E-state index contributed by atoms with van der Waals surface area (Å²) in [6, 6.07) is 5.51. The molecule has 2 saturated carbocycles. The molecule has 1 aliphatic heterocycles. The lowest BCUT2D eigenvalue weighted by Gasteiger charge is -2.29. The summed E-state index contributed by atoms with van der Waals surface area (Å²) in [4.78, 5) is 28.6. The van der Waals surface area contributed by atoms with Gasteiger partial charge in [0.05, 0.1) is 11.5 Å². The summed E-state index contributed by atoms with van der Waals surface area (Å²) in [6.45, 7) is 1.66. The van der Waals surface area contributed by atoms with Gasteiger partial charge in [0, 0.05) is 31.8 Å². The summed E-state index contributed by atoms with van der Waals surface area (Å²) in [5.41, 5.74) is 0.692. The Balaban J connectivity index is 1.19. The van der Waals surface area contributed by atoms with Crippen LogP contribution in [0, 0.1) is 11.8 Å². The van der Waals surface area contributed by atoms with Crippen LogP contribution in [0.15, 0.2) is 23.2 Å². The number of carbonyl (C=O) groups excluding carboxylic acids is 1. The van der Waals surface area contributed by atoms with E-state index in [2.05, 4.69) is 15.6 Å². The van der Waals surface area contributed by atoms with E-state index in [1.54, 1.807) is 12.1 Å². The number of para-hydroxylation sites is 1. The molecular formula is C24H34BN3O5. The van der Waals surface area contributed by atoms with Crippen molar-refractivity contribution < 1.29 is 24.4 Å². The van der Waals surface area contributed by atoms with Gasteiger partial charge >= 0.3 is 13.1 Å². The van der Waals surface area contributed by atoms with Gasteiger partial charge in [0.15, 0.2) is 0 Å². The Morgan fingerprint density at radius 3 is 2.76 bits per heavy atom. The van der Waals surface area contributed by atoms with Crippen LogP contribution in [0.2, 0.25) is 0 Å². The number of aromatic carboxylic acids is 1. The van der Waals surface area contributed by atoms with Crippen molar-refractivity contribution in [1.82, 2.24) is 10.6 Å². The van der Waals surface area contributed by atoms with Crippen LogP contribution in [0.1, 0.15) is 67.3 Å². The third-order valence-corrected chi connectivity index (χ3v) is 7.17. The van der Waals surface area contributed by atoms with E-state index in [4.69, 9.17) is 4.65 Å². The fourth-order valence-electron chi connectivity index (χ4n) is 5.41. The summed E-state index contributed by atoms with van der Waals surface area (Å²) >= 11 is 0. The molecule has 178 valence electrons. The summed E-state index contributed by atoms with van der Waals surface area (Å²) in [5, 5.41) is 26.1. The van der Waals surface area contributed by atoms with Crippen molar-refractivity contribution in [3.8, 4) is 5.75 Å². The second-order valence-corrected chi connectivity index (χ2v) is 9.67. The van der Waals surface area contributed by atoms with Gasteiger partial charge in [-0.3, -0.25) is 9.79 Å². The van der Waals surface area contributed by atoms with Crippen LogP contribution in [0.25, 0.3) is 0 Å². The Labute approximate surface area is 195 Å². The van der Waals surface area contributed by atoms with Gasteiger partial charge in [-0.25, -0.2) is 4.79 Å². The standard InChI is InChI=1S/C24H34BN3O5/c29-22(28-21-14-18-4-3-7-20(24(30)31)23(18)33-25(21)32)13-16-8-9-17(12-16)15-26-10-11-27-19-5-1-2-6-19/h3-4,7,10,16-17,19,21,27,32H,1-2,5-6,8-9,11-15H2,(H,28,29)(H,30,31)/t16?,17?,21-/m0/s1. The zero-order valence-corrected chi connectivity index (χ0v) is 19.0. The number of carboxylic acid groups (broad SMARTS) is 1. The number of amides is 1. The number of aliphatic imine (C=N–C) groups is 1. The Hall–Kier alpha value is -2.39. The first-order chi connectivity index (χ1) is 16.0. The van der Waals surface area contributed by atoms with Gasteiger partial charge in [-0.2, -0.15) is 0 Å². The van der Waals surface area contributed by atoms with Crippen LogP contribution in [0.3, 0.4) is 0 Å². The first-order valence-corrected chi connectivity index (χ1v) is 12.2. The molecule has 0 saturated heterocycles. The van der Waals surface area contributed by atoms with E-state index in [9.17, 15) is 19.7 Å². The topological polar surface area (TPSA) is 120 Å². The minimum Gasteiger partial charge on any atom is -0.534 e. The molecule has 3 atom stereocenters. The molecule has 1 amide bonds. The van der Waals surface area contributed by atoms with E-state index in [0.717, 1.165) is 32.4 Å². The highest BCUT2D eigenvalue weighted by Gasteiger charge is 2.38. The monoisotopic (exact) mass is 455 g/mol. The summed E-state index contributed by atoms with van der Waals surface area (Å²) in [7, 11) is -1.27. The van der Waals surface area contributed by atoms with E-state index < -0.39 is 19.0 Å². The number of carbonyl (C=O) groups is 2. The van der Waals surface area contributed by atoms with Crippen LogP contribution in [0.5, 0.6) is 5.75 Å². The van der Waals surface area contributed by atoms with Crippen LogP contribution >= 0.6 is 0 Å². The van der Waals surface area contributed by atoms with Gasteiger partial charge < -0.3 is 25.4 Å². The molecule has 1 aromatic rings. The van der Waals surface area contributed by atoms with Crippen LogP contribution in [-0.2, 0) is 11.2 Å². The average molecular weight is 455 g/mol. The SMILES string of the molecule is O=C(CC1CCC(CN=CCNC2CCCC2)C1)N[C@H]1Cc2cccc(C(=O)O)c2OB1O. The Kier molecular flexibility index (Phi) is 8.04. The number of rotatable bonds is 9. The third kappa shape index (κ3) is 6.35. The zero-order valence-electron chi connectivity index (χ0n) is 19.0. The molecule has 1 aromatic carbocycles. The molecule has 0 spiro atoms. The molecule has 2 fully saturated rings. The number of fused-ring (bicyclic) bond motifs is 1. The van der Waals surface area contributed by atoms with Crippen LogP contribution in [-0.4, -0.2) is 60.4 Å². The van der Waals surface area contributed by atoms with Crippen molar-refractivity contribution in [3.05, 3.63) is 29.3 Å². The maximum atomic E-state index is 12.6. The van der Waals surface area contributed by atoms with E-state index >= 15 is 0 Å². The number of hydrogen-bond acceptors (Lipinski definition) is 6. The van der Waals surface area contributed by atoms with E-state index in [-0.39, 0.29) is 17.2 Å². The van der Waals surface area contributed by atoms with E-state index in [1.807, 2.05) is 6.21 Å².